The molecule has 0 spiro atoms. The maximum Gasteiger partial charge on any atom is 0.119 e. The first-order chi connectivity index (χ1) is 10.1. The van der Waals surface area contributed by atoms with Crippen molar-refractivity contribution in [3.8, 4) is 5.75 Å². The molecule has 2 aromatic rings. The van der Waals surface area contributed by atoms with E-state index in [4.69, 9.17) is 4.74 Å². The van der Waals surface area contributed by atoms with Gasteiger partial charge in [-0.05, 0) is 43.9 Å². The van der Waals surface area contributed by atoms with Crippen molar-refractivity contribution in [2.24, 2.45) is 0 Å². The second-order valence-electron chi connectivity index (χ2n) is 5.39. The van der Waals surface area contributed by atoms with Crippen molar-refractivity contribution in [2.45, 2.75) is 15.9 Å². The monoisotopic (exact) mass is 301 g/mol. The Balaban J connectivity index is 1.82. The number of nitrogens with zero attached hydrogens (tertiary/aromatic N) is 1. The van der Waals surface area contributed by atoms with Gasteiger partial charge in [-0.2, -0.15) is 0 Å². The molecular weight excluding hydrogens is 282 g/mol. The SMILES string of the molecule is CN(C)CCOc1ccc2c(c1)C(O)c1ccccc1S2. The molecule has 0 amide bonds. The molecule has 0 aliphatic carbocycles. The highest BCUT2D eigenvalue weighted by Crippen LogP contribution is 2.45. The van der Waals surface area contributed by atoms with Crippen LogP contribution in [0.3, 0.4) is 0 Å². The third-order valence-electron chi connectivity index (χ3n) is 3.52. The van der Waals surface area contributed by atoms with E-state index in [9.17, 15) is 5.11 Å². The smallest absolute Gasteiger partial charge is 0.119 e. The fourth-order valence-corrected chi connectivity index (χ4v) is 3.46. The lowest BCUT2D eigenvalue weighted by atomic mass is 10.0. The van der Waals surface area contributed by atoms with Crippen LogP contribution in [-0.2, 0) is 0 Å². The molecule has 2 aromatic carbocycles. The molecule has 3 rings (SSSR count). The molecule has 1 heterocycles. The highest BCUT2D eigenvalue weighted by molar-refractivity contribution is 7.99. The molecule has 0 saturated heterocycles. The van der Waals surface area contributed by atoms with E-state index in [0.717, 1.165) is 33.2 Å². The third kappa shape index (κ3) is 3.07. The molecule has 1 N–H and O–H groups in total. The molecule has 1 atom stereocenters. The molecular formula is C17H19NO2S. The van der Waals surface area contributed by atoms with Gasteiger partial charge < -0.3 is 14.7 Å². The lowest BCUT2D eigenvalue weighted by Gasteiger charge is -2.24. The fourth-order valence-electron chi connectivity index (χ4n) is 2.35. The topological polar surface area (TPSA) is 32.7 Å². The average molecular weight is 301 g/mol. The van der Waals surface area contributed by atoms with Gasteiger partial charge in [-0.3, -0.25) is 0 Å². The number of likely N-dealkylation sites (N-methyl/N-ethyl adjacent to an activating group) is 1. The van der Waals surface area contributed by atoms with Gasteiger partial charge in [-0.1, -0.05) is 30.0 Å². The Hall–Kier alpha value is -1.49. The fraction of sp³-hybridized carbons (Fsp3) is 0.294. The molecule has 1 aliphatic rings. The van der Waals surface area contributed by atoms with Crippen molar-refractivity contribution in [1.29, 1.82) is 0 Å². The number of hydrogen-bond acceptors (Lipinski definition) is 4. The summed E-state index contributed by atoms with van der Waals surface area (Å²) in [7, 11) is 4.04. The molecule has 3 nitrogen and oxygen atoms in total. The van der Waals surface area contributed by atoms with E-state index < -0.39 is 6.10 Å². The molecule has 0 radical (unpaired) electrons. The van der Waals surface area contributed by atoms with E-state index in [1.165, 1.54) is 0 Å². The van der Waals surface area contributed by atoms with Gasteiger partial charge in [0.25, 0.3) is 0 Å². The zero-order valence-corrected chi connectivity index (χ0v) is 13.1. The van der Waals surface area contributed by atoms with Gasteiger partial charge in [0.05, 0.1) is 0 Å². The van der Waals surface area contributed by atoms with Gasteiger partial charge in [0, 0.05) is 21.9 Å². The first-order valence-electron chi connectivity index (χ1n) is 7.01. The predicted molar refractivity (Wildman–Crippen MR) is 85.1 cm³/mol. The summed E-state index contributed by atoms with van der Waals surface area (Å²) in [5.41, 5.74) is 1.90. The Morgan fingerprint density at radius 2 is 1.86 bits per heavy atom. The van der Waals surface area contributed by atoms with Crippen LogP contribution in [0.15, 0.2) is 52.3 Å². The van der Waals surface area contributed by atoms with Crippen molar-refractivity contribution in [3.63, 3.8) is 0 Å². The zero-order valence-electron chi connectivity index (χ0n) is 12.2. The van der Waals surface area contributed by atoms with Gasteiger partial charge in [0.2, 0.25) is 0 Å². The van der Waals surface area contributed by atoms with Gasteiger partial charge >= 0.3 is 0 Å². The van der Waals surface area contributed by atoms with Crippen molar-refractivity contribution in [1.82, 2.24) is 4.90 Å². The molecule has 4 heteroatoms. The lowest BCUT2D eigenvalue weighted by Crippen LogP contribution is -2.19. The Morgan fingerprint density at radius 3 is 2.67 bits per heavy atom. The largest absolute Gasteiger partial charge is 0.492 e. The number of aliphatic hydroxyl groups excluding tert-OH is 1. The molecule has 1 aliphatic heterocycles. The molecule has 1 unspecified atom stereocenters. The summed E-state index contributed by atoms with van der Waals surface area (Å²) in [6.45, 7) is 1.52. The summed E-state index contributed by atoms with van der Waals surface area (Å²) >= 11 is 1.70. The molecule has 0 bridgehead atoms. The van der Waals surface area contributed by atoms with E-state index in [2.05, 4.69) is 4.90 Å². The van der Waals surface area contributed by atoms with Gasteiger partial charge in [0.1, 0.15) is 18.5 Å². The summed E-state index contributed by atoms with van der Waals surface area (Å²) < 4.78 is 5.76. The van der Waals surface area contributed by atoms with Crippen LogP contribution in [0, 0.1) is 0 Å². The minimum Gasteiger partial charge on any atom is -0.492 e. The summed E-state index contributed by atoms with van der Waals surface area (Å²) in [6.07, 6.45) is -0.574. The Morgan fingerprint density at radius 1 is 1.10 bits per heavy atom. The second-order valence-corrected chi connectivity index (χ2v) is 6.48. The van der Waals surface area contributed by atoms with Crippen molar-refractivity contribution in [3.05, 3.63) is 53.6 Å². The minimum absolute atomic E-state index is 0.574. The van der Waals surface area contributed by atoms with Crippen LogP contribution in [-0.4, -0.2) is 37.3 Å². The summed E-state index contributed by atoms with van der Waals surface area (Å²) in [4.78, 5) is 4.30. The van der Waals surface area contributed by atoms with Crippen LogP contribution in [0.4, 0.5) is 0 Å². The first kappa shape index (κ1) is 14.4. The Labute approximate surface area is 129 Å². The van der Waals surface area contributed by atoms with Crippen molar-refractivity contribution >= 4 is 11.8 Å². The number of hydrogen-bond donors (Lipinski definition) is 1. The molecule has 0 fully saturated rings. The normalized spacial score (nSPS) is 16.5. The Kier molecular flexibility index (Phi) is 4.19. The van der Waals surface area contributed by atoms with Crippen LogP contribution < -0.4 is 4.74 Å². The number of ether oxygens (including phenoxy) is 1. The number of benzene rings is 2. The molecule has 21 heavy (non-hydrogen) atoms. The summed E-state index contributed by atoms with van der Waals surface area (Å²) in [6, 6.07) is 14.0. The van der Waals surface area contributed by atoms with Gasteiger partial charge in [-0.25, -0.2) is 0 Å². The number of fused-ring (bicyclic) bond motifs is 2. The van der Waals surface area contributed by atoms with E-state index >= 15 is 0 Å². The predicted octanol–water partition coefficient (Wildman–Crippen LogP) is 3.17. The second kappa shape index (κ2) is 6.10. The van der Waals surface area contributed by atoms with Gasteiger partial charge in [0.15, 0.2) is 0 Å². The number of rotatable bonds is 4. The van der Waals surface area contributed by atoms with Crippen LogP contribution in [0.5, 0.6) is 5.75 Å². The highest BCUT2D eigenvalue weighted by atomic mass is 32.2. The van der Waals surface area contributed by atoms with E-state index in [0.29, 0.717) is 6.61 Å². The maximum atomic E-state index is 10.6. The molecule has 0 saturated carbocycles. The third-order valence-corrected chi connectivity index (χ3v) is 4.70. The van der Waals surface area contributed by atoms with E-state index in [1.54, 1.807) is 11.8 Å². The highest BCUT2D eigenvalue weighted by Gasteiger charge is 2.24. The lowest BCUT2D eigenvalue weighted by molar-refractivity contribution is 0.211. The van der Waals surface area contributed by atoms with Gasteiger partial charge in [-0.15, -0.1) is 0 Å². The number of aliphatic hydroxyl groups is 1. The molecule has 0 aromatic heterocycles. The standard InChI is InChI=1S/C17H19NO2S/c1-18(2)9-10-20-12-7-8-16-14(11-12)17(19)13-5-3-4-6-15(13)21-16/h3-8,11,17,19H,9-10H2,1-2H3. The van der Waals surface area contributed by atoms with Crippen LogP contribution >= 0.6 is 11.8 Å². The quantitative estimate of drug-likeness (QED) is 0.940. The minimum atomic E-state index is -0.574. The first-order valence-corrected chi connectivity index (χ1v) is 7.83. The van der Waals surface area contributed by atoms with Crippen LogP contribution in [0.25, 0.3) is 0 Å². The van der Waals surface area contributed by atoms with Crippen molar-refractivity contribution < 1.29 is 9.84 Å². The average Bonchev–Trinajstić information content (AvgIpc) is 2.48. The van der Waals surface area contributed by atoms with E-state index in [1.807, 2.05) is 56.6 Å². The summed E-state index contributed by atoms with van der Waals surface area (Å²) in [5, 5.41) is 10.6. The summed E-state index contributed by atoms with van der Waals surface area (Å²) in [5.74, 6) is 0.814. The zero-order chi connectivity index (χ0) is 14.8. The van der Waals surface area contributed by atoms with Crippen LogP contribution in [0.2, 0.25) is 0 Å². The van der Waals surface area contributed by atoms with Crippen LogP contribution in [0.1, 0.15) is 17.2 Å². The van der Waals surface area contributed by atoms with Crippen molar-refractivity contribution in [2.75, 3.05) is 27.2 Å². The maximum absolute atomic E-state index is 10.6. The molecule has 110 valence electrons. The Bertz CT molecular complexity index is 642. The van der Waals surface area contributed by atoms with E-state index in [-0.39, 0.29) is 0 Å².